The van der Waals surface area contributed by atoms with Crippen molar-refractivity contribution in [2.75, 3.05) is 0 Å². The van der Waals surface area contributed by atoms with Crippen molar-refractivity contribution in [2.45, 2.75) is 39.9 Å². The summed E-state index contributed by atoms with van der Waals surface area (Å²) in [6.07, 6.45) is 1.44. The van der Waals surface area contributed by atoms with Gasteiger partial charge in [-0.15, -0.1) is 0 Å². The van der Waals surface area contributed by atoms with E-state index in [1.165, 1.54) is 0 Å². The summed E-state index contributed by atoms with van der Waals surface area (Å²) in [6, 6.07) is 0. The number of nitrogens with zero attached hydrogens (tertiary/aromatic N) is 2. The van der Waals surface area contributed by atoms with Crippen molar-refractivity contribution in [3.8, 4) is 0 Å². The molecule has 0 N–H and O–H groups in total. The van der Waals surface area contributed by atoms with Crippen LogP contribution in [-0.4, -0.2) is 34.6 Å². The maximum Gasteiger partial charge on any atom is 0.421 e. The monoisotopic (exact) mass is 240 g/mol. The van der Waals surface area contributed by atoms with Crippen LogP contribution in [-0.2, 0) is 19.1 Å². The predicted octanol–water partition coefficient (Wildman–Crippen LogP) is 1.12. The Morgan fingerprint density at radius 3 is 2.00 bits per heavy atom. The number of carbonyl (C=O) groups is 2. The minimum Gasteiger partial charge on any atom is -0.460 e. The van der Waals surface area contributed by atoms with Crippen molar-refractivity contribution in [3.05, 3.63) is 17.7 Å². The van der Waals surface area contributed by atoms with Crippen LogP contribution in [0.25, 0.3) is 5.53 Å². The molecule has 6 heteroatoms. The molecule has 0 amide bonds. The van der Waals surface area contributed by atoms with Gasteiger partial charge < -0.3 is 15.0 Å². The average Bonchev–Trinajstić information content (AvgIpc) is 2.16. The van der Waals surface area contributed by atoms with Crippen molar-refractivity contribution in [3.63, 3.8) is 0 Å². The SMILES string of the molecule is CC(C)OC(=O)C=CC(=[N+]=[N-])C(=O)OC(C)C. The van der Waals surface area contributed by atoms with E-state index in [2.05, 4.69) is 4.79 Å². The summed E-state index contributed by atoms with van der Waals surface area (Å²) in [7, 11) is 0. The quantitative estimate of drug-likeness (QED) is 0.237. The Bertz CT molecular complexity index is 366. The van der Waals surface area contributed by atoms with Gasteiger partial charge in [0.05, 0.1) is 12.2 Å². The van der Waals surface area contributed by atoms with Gasteiger partial charge in [0.25, 0.3) is 0 Å². The zero-order chi connectivity index (χ0) is 13.4. The Kier molecular flexibility index (Phi) is 6.51. The van der Waals surface area contributed by atoms with Crippen molar-refractivity contribution in [1.82, 2.24) is 0 Å². The summed E-state index contributed by atoms with van der Waals surface area (Å²) in [6.45, 7) is 6.70. The van der Waals surface area contributed by atoms with Crippen molar-refractivity contribution in [1.29, 1.82) is 0 Å². The van der Waals surface area contributed by atoms with Gasteiger partial charge in [-0.05, 0) is 27.7 Å². The Morgan fingerprint density at radius 2 is 1.59 bits per heavy atom. The molecule has 0 saturated carbocycles. The minimum absolute atomic E-state index is 0.260. The second-order valence-electron chi connectivity index (χ2n) is 3.76. The van der Waals surface area contributed by atoms with E-state index in [0.717, 1.165) is 12.2 Å². The molecule has 0 aromatic rings. The van der Waals surface area contributed by atoms with Gasteiger partial charge in [-0.25, -0.2) is 9.59 Å². The maximum absolute atomic E-state index is 11.3. The highest BCUT2D eigenvalue weighted by atomic mass is 16.5. The van der Waals surface area contributed by atoms with E-state index in [0.29, 0.717) is 0 Å². The number of hydrogen-bond donors (Lipinski definition) is 0. The highest BCUT2D eigenvalue weighted by Crippen LogP contribution is 1.94. The fraction of sp³-hybridized carbons (Fsp3) is 0.545. The van der Waals surface area contributed by atoms with Crippen LogP contribution in [0.15, 0.2) is 12.2 Å². The Hall–Kier alpha value is -1.94. The smallest absolute Gasteiger partial charge is 0.421 e. The number of carbonyl (C=O) groups excluding carboxylic acids is 2. The number of ether oxygens (including phenoxy) is 2. The molecule has 0 saturated heterocycles. The third-order valence-corrected chi connectivity index (χ3v) is 1.39. The van der Waals surface area contributed by atoms with Crippen LogP contribution in [0.5, 0.6) is 0 Å². The van der Waals surface area contributed by atoms with Gasteiger partial charge in [-0.3, -0.25) is 0 Å². The lowest BCUT2D eigenvalue weighted by atomic mass is 10.3. The molecular weight excluding hydrogens is 224 g/mol. The molecule has 0 fully saturated rings. The van der Waals surface area contributed by atoms with E-state index in [1.54, 1.807) is 27.7 Å². The van der Waals surface area contributed by atoms with Crippen LogP contribution in [0.4, 0.5) is 0 Å². The van der Waals surface area contributed by atoms with E-state index >= 15 is 0 Å². The third-order valence-electron chi connectivity index (χ3n) is 1.39. The van der Waals surface area contributed by atoms with Gasteiger partial charge in [0.15, 0.2) is 0 Å². The van der Waals surface area contributed by atoms with Gasteiger partial charge in [0, 0.05) is 12.2 Å². The third kappa shape index (κ3) is 7.03. The summed E-state index contributed by atoms with van der Waals surface area (Å²) >= 11 is 0. The molecule has 0 aromatic carbocycles. The molecule has 0 spiro atoms. The summed E-state index contributed by atoms with van der Waals surface area (Å²) in [5, 5.41) is 0. The highest BCUT2D eigenvalue weighted by molar-refractivity contribution is 6.39. The maximum atomic E-state index is 11.3. The standard InChI is InChI=1S/C11H16N2O4/c1-7(2)16-10(14)6-5-9(13-12)11(15)17-8(3)4/h5-8H,1-4H3. The summed E-state index contributed by atoms with van der Waals surface area (Å²) < 4.78 is 9.57. The molecule has 0 atom stereocenters. The first-order chi connectivity index (χ1) is 7.86. The zero-order valence-corrected chi connectivity index (χ0v) is 10.3. The lowest BCUT2D eigenvalue weighted by Crippen LogP contribution is -2.20. The van der Waals surface area contributed by atoms with Crippen LogP contribution < -0.4 is 0 Å². The molecule has 0 heterocycles. The van der Waals surface area contributed by atoms with Crippen molar-refractivity contribution >= 4 is 17.7 Å². The molecule has 0 rings (SSSR count). The molecule has 0 aliphatic heterocycles. The van der Waals surface area contributed by atoms with E-state index in [4.69, 9.17) is 15.0 Å². The summed E-state index contributed by atoms with van der Waals surface area (Å²) in [5.74, 6) is -1.44. The summed E-state index contributed by atoms with van der Waals surface area (Å²) in [5.41, 5.74) is 8.23. The average molecular weight is 240 g/mol. The van der Waals surface area contributed by atoms with Gasteiger partial charge in [-0.1, -0.05) is 0 Å². The first kappa shape index (κ1) is 15.1. The molecule has 17 heavy (non-hydrogen) atoms. The molecule has 0 aromatic heterocycles. The first-order valence-corrected chi connectivity index (χ1v) is 5.18. The van der Waals surface area contributed by atoms with Gasteiger partial charge in [0.1, 0.15) is 0 Å². The number of hydrogen-bond acceptors (Lipinski definition) is 4. The second-order valence-corrected chi connectivity index (χ2v) is 3.76. The molecule has 94 valence electrons. The van der Waals surface area contributed by atoms with Crippen molar-refractivity contribution in [2.24, 2.45) is 0 Å². The fourth-order valence-corrected chi connectivity index (χ4v) is 0.835. The zero-order valence-electron chi connectivity index (χ0n) is 10.3. The topological polar surface area (TPSA) is 89.0 Å². The Balaban J connectivity index is 4.52. The summed E-state index contributed by atoms with van der Waals surface area (Å²) in [4.78, 5) is 25.2. The van der Waals surface area contributed by atoms with Gasteiger partial charge >= 0.3 is 17.7 Å². The highest BCUT2D eigenvalue weighted by Gasteiger charge is 2.20. The molecular formula is C11H16N2O4. The Labute approximate surface area is 99.8 Å². The van der Waals surface area contributed by atoms with Crippen LogP contribution in [0, 0.1) is 0 Å². The minimum atomic E-state index is -0.809. The van der Waals surface area contributed by atoms with Crippen molar-refractivity contribution < 1.29 is 23.9 Å². The van der Waals surface area contributed by atoms with Crippen LogP contribution in [0.1, 0.15) is 27.7 Å². The van der Waals surface area contributed by atoms with E-state index in [9.17, 15) is 9.59 Å². The molecule has 0 radical (unpaired) electrons. The molecule has 0 aliphatic rings. The molecule has 0 unspecified atom stereocenters. The van der Waals surface area contributed by atoms with E-state index in [1.807, 2.05) is 0 Å². The van der Waals surface area contributed by atoms with Crippen LogP contribution in [0.3, 0.4) is 0 Å². The normalized spacial score (nSPS) is 10.5. The molecule has 6 nitrogen and oxygen atoms in total. The van der Waals surface area contributed by atoms with E-state index < -0.39 is 11.9 Å². The molecule has 0 aliphatic carbocycles. The molecule has 0 bridgehead atoms. The largest absolute Gasteiger partial charge is 0.460 e. The lowest BCUT2D eigenvalue weighted by Gasteiger charge is -2.04. The van der Waals surface area contributed by atoms with E-state index in [-0.39, 0.29) is 17.9 Å². The van der Waals surface area contributed by atoms with Crippen LogP contribution in [0.2, 0.25) is 0 Å². The van der Waals surface area contributed by atoms with Gasteiger partial charge in [-0.2, -0.15) is 4.79 Å². The fourth-order valence-electron chi connectivity index (χ4n) is 0.835. The predicted molar refractivity (Wildman–Crippen MR) is 60.2 cm³/mol. The second kappa shape index (κ2) is 7.35. The first-order valence-electron chi connectivity index (χ1n) is 5.18. The number of esters is 2. The lowest BCUT2D eigenvalue weighted by molar-refractivity contribution is -0.143. The van der Waals surface area contributed by atoms with Crippen LogP contribution >= 0.6 is 0 Å². The number of rotatable bonds is 5. The van der Waals surface area contributed by atoms with Gasteiger partial charge in [0.2, 0.25) is 0 Å². The Morgan fingerprint density at radius 1 is 1.06 bits per heavy atom.